The van der Waals surface area contributed by atoms with Gasteiger partial charge in [0.1, 0.15) is 11.6 Å². The van der Waals surface area contributed by atoms with Crippen molar-refractivity contribution in [2.75, 3.05) is 36.4 Å². The van der Waals surface area contributed by atoms with Gasteiger partial charge in [0.2, 0.25) is 5.88 Å². The molecule has 2 N–H and O–H groups in total. The van der Waals surface area contributed by atoms with Crippen molar-refractivity contribution in [2.45, 2.75) is 33.9 Å². The Morgan fingerprint density at radius 2 is 1.83 bits per heavy atom. The Labute approximate surface area is 243 Å². The highest BCUT2D eigenvalue weighted by Gasteiger charge is 2.36. The molecule has 1 aliphatic heterocycles. The van der Waals surface area contributed by atoms with E-state index in [-0.39, 0.29) is 18.7 Å². The molecule has 1 aliphatic rings. The van der Waals surface area contributed by atoms with Crippen LogP contribution in [0.2, 0.25) is 0 Å². The largest absolute Gasteiger partial charge is 0.438 e. The molecule has 0 unspecified atom stereocenters. The number of rotatable bonds is 7. The minimum Gasteiger partial charge on any atom is -0.438 e. The Hall–Kier alpha value is -4.51. The molecule has 1 amide bonds. The lowest BCUT2D eigenvalue weighted by atomic mass is 10.1. The number of nitrogens with one attached hydrogen (secondary N) is 2. The van der Waals surface area contributed by atoms with E-state index in [0.29, 0.717) is 72.6 Å². The maximum atomic E-state index is 13.9. The van der Waals surface area contributed by atoms with E-state index in [1.807, 2.05) is 13.0 Å². The lowest BCUT2D eigenvalue weighted by molar-refractivity contribution is -0.137. The fraction of sp³-hybridized carbons (Fsp3) is 0.290. The molecule has 3 heterocycles. The monoisotopic (exact) mass is 578 g/mol. The summed E-state index contributed by atoms with van der Waals surface area (Å²) in [7, 11) is 0. The van der Waals surface area contributed by atoms with Gasteiger partial charge in [-0.3, -0.25) is 4.79 Å². The third kappa shape index (κ3) is 6.85. The molecule has 1 saturated heterocycles. The van der Waals surface area contributed by atoms with E-state index in [1.54, 1.807) is 54.5 Å². The minimum atomic E-state index is -4.60. The summed E-state index contributed by atoms with van der Waals surface area (Å²) >= 11 is 0. The van der Waals surface area contributed by atoms with Crippen molar-refractivity contribution < 1.29 is 22.7 Å². The number of ether oxygens (including phenoxy) is 1. The number of anilines is 2. The summed E-state index contributed by atoms with van der Waals surface area (Å²) in [5, 5.41) is 5.83. The molecule has 2 aromatic carbocycles. The van der Waals surface area contributed by atoms with Crippen molar-refractivity contribution in [1.29, 1.82) is 0 Å². The van der Waals surface area contributed by atoms with Gasteiger partial charge in [-0.15, -0.1) is 0 Å². The quantitative estimate of drug-likeness (QED) is 0.258. The van der Waals surface area contributed by atoms with Crippen LogP contribution >= 0.6 is 0 Å². The van der Waals surface area contributed by atoms with Crippen molar-refractivity contribution in [2.24, 2.45) is 0 Å². The van der Waals surface area contributed by atoms with Crippen LogP contribution in [0, 0.1) is 6.92 Å². The van der Waals surface area contributed by atoms with Crippen molar-refractivity contribution >= 4 is 17.3 Å². The molecule has 0 radical (unpaired) electrons. The Kier molecular flexibility index (Phi) is 9.41. The smallest absolute Gasteiger partial charge is 0.418 e. The number of piperazine rings is 1. The van der Waals surface area contributed by atoms with Gasteiger partial charge in [0.25, 0.3) is 5.91 Å². The Morgan fingerprint density at radius 3 is 2.55 bits per heavy atom. The molecule has 220 valence electrons. The zero-order chi connectivity index (χ0) is 29.0. The van der Waals surface area contributed by atoms with E-state index in [2.05, 4.69) is 25.6 Å². The molecule has 0 aliphatic carbocycles. The second-order valence-corrected chi connectivity index (χ2v) is 9.57. The lowest BCUT2D eigenvalue weighted by Gasteiger charge is -2.31. The van der Waals surface area contributed by atoms with Crippen molar-refractivity contribution in [3.05, 3.63) is 89.5 Å². The predicted octanol–water partition coefficient (Wildman–Crippen LogP) is 6.52. The number of nitrogens with zero attached hydrogens (tertiary/aromatic N) is 4. The van der Waals surface area contributed by atoms with Gasteiger partial charge in [0.05, 0.1) is 16.8 Å². The van der Waals surface area contributed by atoms with E-state index in [4.69, 9.17) is 4.74 Å². The molecule has 42 heavy (non-hydrogen) atoms. The number of hydrogen-bond acceptors (Lipinski definition) is 7. The number of carbonyl (C=O) groups is 1. The Balaban J connectivity index is 0.00000405. The fourth-order valence-corrected chi connectivity index (χ4v) is 4.62. The van der Waals surface area contributed by atoms with E-state index in [0.717, 1.165) is 6.07 Å². The Bertz CT molecular complexity index is 1550. The molecule has 0 atom stereocenters. The number of amides is 1. The first-order valence-corrected chi connectivity index (χ1v) is 13.3. The first-order valence-electron chi connectivity index (χ1n) is 13.3. The van der Waals surface area contributed by atoms with Crippen molar-refractivity contribution in [1.82, 2.24) is 20.3 Å². The van der Waals surface area contributed by atoms with Crippen LogP contribution < -0.4 is 20.3 Å². The highest BCUT2D eigenvalue weighted by Crippen LogP contribution is 2.38. The number of pyridine rings is 1. The molecule has 11 heteroatoms. The molecule has 0 spiro atoms. The summed E-state index contributed by atoms with van der Waals surface area (Å²) < 4.78 is 47.9. The zero-order valence-corrected chi connectivity index (χ0v) is 22.6. The molecule has 4 aromatic rings. The standard InChI is InChI=1S/C30H29F3N6O2.CH4/c1-3-27-35-12-10-24(38-27)22-5-4-11-36-29(22)41-26-9-7-21(17-19(26)2)37-28(40)20-6-8-25(23(18-20)30(31,32)33)39-15-13-34-14-16-39;/h4-12,17-18,34H,3,13-16H2,1-2H3,(H,37,40);1H4. The number of aromatic nitrogens is 3. The number of hydrogen-bond donors (Lipinski definition) is 2. The maximum Gasteiger partial charge on any atom is 0.418 e. The number of alkyl halides is 3. The number of benzene rings is 2. The highest BCUT2D eigenvalue weighted by molar-refractivity contribution is 6.04. The molecular formula is C31H33F3N6O2. The Morgan fingerprint density at radius 1 is 1.05 bits per heavy atom. The molecular weight excluding hydrogens is 545 g/mol. The third-order valence-corrected chi connectivity index (χ3v) is 6.73. The van der Waals surface area contributed by atoms with E-state index in [1.165, 1.54) is 12.1 Å². The summed E-state index contributed by atoms with van der Waals surface area (Å²) in [5.41, 5.74) is 1.67. The summed E-state index contributed by atoms with van der Waals surface area (Å²) in [6, 6.07) is 14.1. The van der Waals surface area contributed by atoms with E-state index < -0.39 is 17.6 Å². The second kappa shape index (κ2) is 13.0. The minimum absolute atomic E-state index is 0. The van der Waals surface area contributed by atoms with Gasteiger partial charge in [0.15, 0.2) is 0 Å². The van der Waals surface area contributed by atoms with Crippen LogP contribution in [0.25, 0.3) is 11.3 Å². The summed E-state index contributed by atoms with van der Waals surface area (Å²) in [4.78, 5) is 27.8. The van der Waals surface area contributed by atoms with Gasteiger partial charge in [-0.25, -0.2) is 15.0 Å². The van der Waals surface area contributed by atoms with Crippen LogP contribution in [0.3, 0.4) is 0 Å². The van der Waals surface area contributed by atoms with E-state index >= 15 is 0 Å². The third-order valence-electron chi connectivity index (χ3n) is 6.73. The van der Waals surface area contributed by atoms with Gasteiger partial charge in [0, 0.05) is 61.9 Å². The first kappa shape index (κ1) is 30.4. The SMILES string of the molecule is C.CCc1nccc(-c2cccnc2Oc2ccc(NC(=O)c3ccc(N4CCNCC4)c(C(F)(F)F)c3)cc2C)n1. The van der Waals surface area contributed by atoms with Crippen LogP contribution in [0.5, 0.6) is 11.6 Å². The summed E-state index contributed by atoms with van der Waals surface area (Å²) in [6.07, 6.45) is -0.598. The zero-order valence-electron chi connectivity index (χ0n) is 22.6. The highest BCUT2D eigenvalue weighted by atomic mass is 19.4. The summed E-state index contributed by atoms with van der Waals surface area (Å²) in [5.74, 6) is 0.928. The number of aryl methyl sites for hydroxylation is 2. The van der Waals surface area contributed by atoms with Crippen molar-refractivity contribution in [3.63, 3.8) is 0 Å². The van der Waals surface area contributed by atoms with Gasteiger partial charge in [-0.2, -0.15) is 13.2 Å². The topological polar surface area (TPSA) is 92.3 Å². The van der Waals surface area contributed by atoms with Crippen LogP contribution in [-0.4, -0.2) is 47.0 Å². The molecule has 0 bridgehead atoms. The van der Waals surface area contributed by atoms with Crippen LogP contribution in [0.15, 0.2) is 67.0 Å². The van der Waals surface area contributed by atoms with Crippen molar-refractivity contribution in [3.8, 4) is 22.9 Å². The first-order chi connectivity index (χ1) is 19.7. The summed E-state index contributed by atoms with van der Waals surface area (Å²) in [6.45, 7) is 5.89. The van der Waals surface area contributed by atoms with Gasteiger partial charge < -0.3 is 20.3 Å². The average Bonchev–Trinajstić information content (AvgIpc) is 2.98. The molecule has 0 saturated carbocycles. The van der Waals surface area contributed by atoms with Crippen LogP contribution in [-0.2, 0) is 12.6 Å². The normalized spacial score (nSPS) is 13.3. The van der Waals surface area contributed by atoms with Gasteiger partial charge in [-0.1, -0.05) is 14.4 Å². The van der Waals surface area contributed by atoms with Crippen LogP contribution in [0.1, 0.15) is 41.7 Å². The second-order valence-electron chi connectivity index (χ2n) is 9.57. The molecule has 5 rings (SSSR count). The number of carbonyl (C=O) groups excluding carboxylic acids is 1. The average molecular weight is 579 g/mol. The maximum absolute atomic E-state index is 13.9. The molecule has 2 aromatic heterocycles. The molecule has 8 nitrogen and oxygen atoms in total. The number of halogens is 3. The fourth-order valence-electron chi connectivity index (χ4n) is 4.62. The van der Waals surface area contributed by atoms with Gasteiger partial charge in [-0.05, 0) is 67.1 Å². The lowest BCUT2D eigenvalue weighted by Crippen LogP contribution is -2.44. The van der Waals surface area contributed by atoms with Gasteiger partial charge >= 0.3 is 6.18 Å². The molecule has 1 fully saturated rings. The van der Waals surface area contributed by atoms with E-state index in [9.17, 15) is 18.0 Å². The van der Waals surface area contributed by atoms with Crippen LogP contribution in [0.4, 0.5) is 24.5 Å². The predicted molar refractivity (Wildman–Crippen MR) is 157 cm³/mol.